The average molecular weight is 445 g/mol. The standard InChI is InChI=1S/C15H31N3O2S.HI/c1-6-15(9-8-10-15)12-18-13(16-7-2)17-11-14(3,4)21(5,19)20;/h6-12H2,1-5H3,(H2,16,17,18);1H. The van der Waals surface area contributed by atoms with Crippen LogP contribution >= 0.6 is 24.0 Å². The maximum absolute atomic E-state index is 11.7. The molecule has 1 aliphatic rings. The van der Waals surface area contributed by atoms with Gasteiger partial charge in [0.25, 0.3) is 0 Å². The third-order valence-corrected chi connectivity index (χ3v) is 6.90. The van der Waals surface area contributed by atoms with Crippen molar-refractivity contribution in [3.8, 4) is 0 Å². The van der Waals surface area contributed by atoms with E-state index in [1.807, 2.05) is 6.92 Å². The predicted molar refractivity (Wildman–Crippen MR) is 105 cm³/mol. The summed E-state index contributed by atoms with van der Waals surface area (Å²) in [7, 11) is -3.12. The van der Waals surface area contributed by atoms with Crippen LogP contribution in [0.5, 0.6) is 0 Å². The molecule has 0 aliphatic heterocycles. The number of halogens is 1. The van der Waals surface area contributed by atoms with Crippen LogP contribution in [0.15, 0.2) is 4.99 Å². The van der Waals surface area contributed by atoms with Crippen LogP contribution in [0.1, 0.15) is 53.4 Å². The molecule has 1 saturated carbocycles. The fraction of sp³-hybridized carbons (Fsp3) is 0.933. The van der Waals surface area contributed by atoms with E-state index in [0.29, 0.717) is 11.4 Å². The first kappa shape index (κ1) is 21.9. The van der Waals surface area contributed by atoms with Gasteiger partial charge in [0, 0.05) is 19.3 Å². The van der Waals surface area contributed by atoms with Gasteiger partial charge in [-0.1, -0.05) is 13.3 Å². The topological polar surface area (TPSA) is 70.6 Å². The molecule has 0 bridgehead atoms. The zero-order valence-electron chi connectivity index (χ0n) is 14.5. The molecule has 0 aromatic rings. The van der Waals surface area contributed by atoms with E-state index in [1.54, 1.807) is 13.8 Å². The Kier molecular flexibility index (Phi) is 8.68. The highest BCUT2D eigenvalue weighted by Crippen LogP contribution is 2.42. The van der Waals surface area contributed by atoms with Gasteiger partial charge >= 0.3 is 0 Å². The number of aliphatic imine (C=N–C) groups is 1. The molecule has 1 aliphatic carbocycles. The summed E-state index contributed by atoms with van der Waals surface area (Å²) in [5.74, 6) is 0.717. The quantitative estimate of drug-likeness (QED) is 0.359. The Morgan fingerprint density at radius 1 is 1.23 bits per heavy atom. The molecule has 1 fully saturated rings. The highest BCUT2D eigenvalue weighted by molar-refractivity contribution is 14.0. The Labute approximate surface area is 153 Å². The zero-order valence-corrected chi connectivity index (χ0v) is 17.7. The summed E-state index contributed by atoms with van der Waals surface area (Å²) in [6.07, 6.45) is 6.29. The summed E-state index contributed by atoms with van der Waals surface area (Å²) >= 11 is 0. The second-order valence-corrected chi connectivity index (χ2v) is 9.44. The first-order chi connectivity index (χ1) is 9.66. The molecule has 132 valence electrons. The number of sulfone groups is 1. The molecule has 0 unspecified atom stereocenters. The summed E-state index contributed by atoms with van der Waals surface area (Å²) < 4.78 is 22.6. The Morgan fingerprint density at radius 2 is 1.82 bits per heavy atom. The van der Waals surface area contributed by atoms with Gasteiger partial charge in [0.05, 0.1) is 11.3 Å². The molecule has 0 amide bonds. The smallest absolute Gasteiger partial charge is 0.191 e. The molecule has 0 spiro atoms. The fourth-order valence-electron chi connectivity index (χ4n) is 2.33. The van der Waals surface area contributed by atoms with Crippen LogP contribution in [0.4, 0.5) is 0 Å². The van der Waals surface area contributed by atoms with E-state index < -0.39 is 14.6 Å². The second-order valence-electron chi connectivity index (χ2n) is 6.79. The molecular formula is C15H32IN3O2S. The number of rotatable bonds is 7. The maximum Gasteiger partial charge on any atom is 0.191 e. The molecule has 0 aromatic carbocycles. The average Bonchev–Trinajstić information content (AvgIpc) is 2.33. The van der Waals surface area contributed by atoms with Gasteiger partial charge in [0.2, 0.25) is 0 Å². The highest BCUT2D eigenvalue weighted by atomic mass is 127. The third-order valence-electron chi connectivity index (χ3n) is 4.76. The molecule has 0 atom stereocenters. The predicted octanol–water partition coefficient (Wildman–Crippen LogP) is 2.56. The van der Waals surface area contributed by atoms with Crippen molar-refractivity contribution in [3.63, 3.8) is 0 Å². The van der Waals surface area contributed by atoms with Crippen molar-refractivity contribution in [1.29, 1.82) is 0 Å². The summed E-state index contributed by atoms with van der Waals surface area (Å²) in [5, 5.41) is 6.58. The van der Waals surface area contributed by atoms with E-state index in [2.05, 4.69) is 22.5 Å². The first-order valence-corrected chi connectivity index (χ1v) is 9.77. The number of guanidine groups is 1. The van der Waals surface area contributed by atoms with Crippen molar-refractivity contribution in [2.24, 2.45) is 10.4 Å². The van der Waals surface area contributed by atoms with Crippen LogP contribution in [0, 0.1) is 5.41 Å². The van der Waals surface area contributed by atoms with Crippen LogP contribution in [0.2, 0.25) is 0 Å². The summed E-state index contributed by atoms with van der Waals surface area (Å²) in [6, 6.07) is 0. The molecule has 22 heavy (non-hydrogen) atoms. The Balaban J connectivity index is 0.00000441. The fourth-order valence-corrected chi connectivity index (χ4v) is 2.63. The minimum Gasteiger partial charge on any atom is -0.357 e. The Bertz CT molecular complexity index is 466. The van der Waals surface area contributed by atoms with Crippen molar-refractivity contribution >= 4 is 39.8 Å². The normalized spacial score (nSPS) is 18.1. The lowest BCUT2D eigenvalue weighted by Crippen LogP contribution is -2.47. The van der Waals surface area contributed by atoms with Crippen LogP contribution in [-0.4, -0.2) is 45.0 Å². The number of hydrogen-bond donors (Lipinski definition) is 2. The van der Waals surface area contributed by atoms with Gasteiger partial charge in [-0.05, 0) is 45.4 Å². The first-order valence-electron chi connectivity index (χ1n) is 7.87. The lowest BCUT2D eigenvalue weighted by molar-refractivity contribution is 0.131. The Morgan fingerprint density at radius 3 is 2.18 bits per heavy atom. The van der Waals surface area contributed by atoms with Gasteiger partial charge in [-0.25, -0.2) is 8.42 Å². The van der Waals surface area contributed by atoms with Gasteiger partial charge in [0.15, 0.2) is 15.8 Å². The van der Waals surface area contributed by atoms with E-state index in [4.69, 9.17) is 0 Å². The molecule has 0 heterocycles. The van der Waals surface area contributed by atoms with Gasteiger partial charge < -0.3 is 10.6 Å². The van der Waals surface area contributed by atoms with Crippen LogP contribution in [0.3, 0.4) is 0 Å². The number of hydrogen-bond acceptors (Lipinski definition) is 3. The molecular weight excluding hydrogens is 413 g/mol. The van der Waals surface area contributed by atoms with Gasteiger partial charge in [-0.15, -0.1) is 24.0 Å². The number of nitrogens with zero attached hydrogens (tertiary/aromatic N) is 1. The van der Waals surface area contributed by atoms with Crippen LogP contribution in [0.25, 0.3) is 0 Å². The molecule has 5 nitrogen and oxygen atoms in total. The van der Waals surface area contributed by atoms with Crippen LogP contribution < -0.4 is 10.6 Å². The molecule has 1 rings (SSSR count). The summed E-state index contributed by atoms with van der Waals surface area (Å²) in [6.45, 7) is 9.62. The monoisotopic (exact) mass is 445 g/mol. The lowest BCUT2D eigenvalue weighted by Gasteiger charge is -2.41. The lowest BCUT2D eigenvalue weighted by atomic mass is 9.67. The highest BCUT2D eigenvalue weighted by Gasteiger charge is 2.35. The van der Waals surface area contributed by atoms with Gasteiger partial charge in [-0.3, -0.25) is 4.99 Å². The molecule has 2 N–H and O–H groups in total. The van der Waals surface area contributed by atoms with Crippen molar-refractivity contribution < 1.29 is 8.42 Å². The van der Waals surface area contributed by atoms with Crippen molar-refractivity contribution in [2.75, 3.05) is 25.9 Å². The zero-order chi connectivity index (χ0) is 16.1. The number of nitrogens with one attached hydrogen (secondary N) is 2. The van der Waals surface area contributed by atoms with E-state index in [-0.39, 0.29) is 30.5 Å². The minimum atomic E-state index is -3.12. The molecule has 0 radical (unpaired) electrons. The van der Waals surface area contributed by atoms with Gasteiger partial charge in [-0.2, -0.15) is 0 Å². The maximum atomic E-state index is 11.7. The van der Waals surface area contributed by atoms with E-state index in [1.165, 1.54) is 31.9 Å². The van der Waals surface area contributed by atoms with Gasteiger partial charge in [0.1, 0.15) is 0 Å². The third kappa shape index (κ3) is 5.86. The van der Waals surface area contributed by atoms with Crippen molar-refractivity contribution in [2.45, 2.75) is 58.1 Å². The SMILES string of the molecule is CCNC(=NCC(C)(C)S(C)(=O)=O)NCC1(CC)CCC1.I. The van der Waals surface area contributed by atoms with Crippen LogP contribution in [-0.2, 0) is 9.84 Å². The van der Waals surface area contributed by atoms with E-state index >= 15 is 0 Å². The van der Waals surface area contributed by atoms with Crippen molar-refractivity contribution in [3.05, 3.63) is 0 Å². The molecule has 0 aromatic heterocycles. The summed E-state index contributed by atoms with van der Waals surface area (Å²) in [5.41, 5.74) is 0.405. The largest absolute Gasteiger partial charge is 0.357 e. The van der Waals surface area contributed by atoms with E-state index in [9.17, 15) is 8.42 Å². The molecule has 0 saturated heterocycles. The van der Waals surface area contributed by atoms with Crippen molar-refractivity contribution in [1.82, 2.24) is 10.6 Å². The van der Waals surface area contributed by atoms with E-state index in [0.717, 1.165) is 13.1 Å². The Hall–Kier alpha value is -0.0500. The minimum absolute atomic E-state index is 0. The second kappa shape index (κ2) is 8.70. The summed E-state index contributed by atoms with van der Waals surface area (Å²) in [4.78, 5) is 4.46. The molecule has 7 heteroatoms.